The second-order valence-corrected chi connectivity index (χ2v) is 4.31. The van der Waals surface area contributed by atoms with Gasteiger partial charge in [-0.05, 0) is 37.1 Å². The van der Waals surface area contributed by atoms with E-state index in [0.717, 1.165) is 24.2 Å². The minimum absolute atomic E-state index is 0.223. The van der Waals surface area contributed by atoms with Crippen LogP contribution in [-0.4, -0.2) is 21.1 Å². The van der Waals surface area contributed by atoms with Crippen LogP contribution in [0.5, 0.6) is 0 Å². The van der Waals surface area contributed by atoms with Crippen molar-refractivity contribution >= 4 is 17.5 Å². The van der Waals surface area contributed by atoms with E-state index in [1.165, 1.54) is 0 Å². The number of carbonyl (C=O) groups excluding carboxylic acids is 1. The Morgan fingerprint density at radius 1 is 1.10 bits per heavy atom. The topological polar surface area (TPSA) is 93.8 Å². The molecule has 0 unspecified atom stereocenters. The Bertz CT molecular complexity index is 609. The van der Waals surface area contributed by atoms with Crippen molar-refractivity contribution in [3.8, 4) is 0 Å². The monoisotopic (exact) mass is 271 g/mol. The largest absolute Gasteiger partial charge is 0.399 e. The fourth-order valence-electron chi connectivity index (χ4n) is 1.80. The summed E-state index contributed by atoms with van der Waals surface area (Å²) in [6.45, 7) is 3.99. The lowest BCUT2D eigenvalue weighted by Crippen LogP contribution is -2.16. The van der Waals surface area contributed by atoms with Crippen LogP contribution in [0, 0.1) is 0 Å². The Labute approximate surface area is 117 Å². The smallest absolute Gasteiger partial charge is 0.258 e. The van der Waals surface area contributed by atoms with Gasteiger partial charge in [0.1, 0.15) is 0 Å². The summed E-state index contributed by atoms with van der Waals surface area (Å²) in [5, 5.41) is 10.6. The number of rotatable bonds is 4. The standard InChI is InChI=1S/C14H17N5O/c1-3-11-12(4-2)18-19-14(16-11)17-13(20)9-5-7-10(15)8-6-9/h5-8H,3-4,15H2,1-2H3,(H,16,17,19,20). The van der Waals surface area contributed by atoms with Gasteiger partial charge in [0.05, 0.1) is 11.4 Å². The molecule has 0 atom stereocenters. The Kier molecular flexibility index (Phi) is 4.24. The van der Waals surface area contributed by atoms with Crippen LogP contribution in [-0.2, 0) is 12.8 Å². The van der Waals surface area contributed by atoms with Gasteiger partial charge in [-0.3, -0.25) is 10.1 Å². The van der Waals surface area contributed by atoms with E-state index in [-0.39, 0.29) is 11.9 Å². The maximum Gasteiger partial charge on any atom is 0.258 e. The molecule has 1 aromatic heterocycles. The van der Waals surface area contributed by atoms with Crippen molar-refractivity contribution in [3.05, 3.63) is 41.2 Å². The predicted molar refractivity (Wildman–Crippen MR) is 77.4 cm³/mol. The van der Waals surface area contributed by atoms with Crippen molar-refractivity contribution in [2.75, 3.05) is 11.1 Å². The van der Waals surface area contributed by atoms with E-state index in [9.17, 15) is 4.79 Å². The van der Waals surface area contributed by atoms with Crippen molar-refractivity contribution in [3.63, 3.8) is 0 Å². The van der Waals surface area contributed by atoms with E-state index in [0.29, 0.717) is 11.3 Å². The van der Waals surface area contributed by atoms with Crippen LogP contribution in [0.2, 0.25) is 0 Å². The van der Waals surface area contributed by atoms with Crippen LogP contribution in [0.25, 0.3) is 0 Å². The van der Waals surface area contributed by atoms with Crippen LogP contribution in [0.15, 0.2) is 24.3 Å². The maximum atomic E-state index is 12.0. The van der Waals surface area contributed by atoms with Gasteiger partial charge in [0.15, 0.2) is 0 Å². The van der Waals surface area contributed by atoms with E-state index in [2.05, 4.69) is 20.5 Å². The summed E-state index contributed by atoms with van der Waals surface area (Å²) in [5.74, 6) is -0.0565. The van der Waals surface area contributed by atoms with Gasteiger partial charge in [0.25, 0.3) is 5.91 Å². The highest BCUT2D eigenvalue weighted by atomic mass is 16.1. The molecular formula is C14H17N5O. The zero-order chi connectivity index (χ0) is 14.5. The van der Waals surface area contributed by atoms with Gasteiger partial charge in [0, 0.05) is 11.3 Å². The molecule has 0 saturated carbocycles. The van der Waals surface area contributed by atoms with E-state index in [1.54, 1.807) is 24.3 Å². The molecule has 6 nitrogen and oxygen atoms in total. The number of nitrogen functional groups attached to an aromatic ring is 1. The zero-order valence-corrected chi connectivity index (χ0v) is 11.6. The van der Waals surface area contributed by atoms with Gasteiger partial charge in [-0.1, -0.05) is 13.8 Å². The zero-order valence-electron chi connectivity index (χ0n) is 11.6. The first-order chi connectivity index (χ1) is 9.63. The molecule has 0 aliphatic rings. The summed E-state index contributed by atoms with van der Waals surface area (Å²) >= 11 is 0. The van der Waals surface area contributed by atoms with Crippen LogP contribution < -0.4 is 11.1 Å². The molecule has 0 aliphatic carbocycles. The fourth-order valence-corrected chi connectivity index (χ4v) is 1.80. The Morgan fingerprint density at radius 2 is 1.75 bits per heavy atom. The molecular weight excluding hydrogens is 254 g/mol. The number of carbonyl (C=O) groups is 1. The van der Waals surface area contributed by atoms with Crippen molar-refractivity contribution in [2.24, 2.45) is 0 Å². The number of benzene rings is 1. The number of hydrogen-bond acceptors (Lipinski definition) is 5. The number of nitrogens with zero attached hydrogens (tertiary/aromatic N) is 3. The number of anilines is 2. The second kappa shape index (κ2) is 6.10. The van der Waals surface area contributed by atoms with E-state index < -0.39 is 0 Å². The number of aromatic nitrogens is 3. The van der Waals surface area contributed by atoms with Crippen LogP contribution in [0.1, 0.15) is 35.6 Å². The highest BCUT2D eigenvalue weighted by Crippen LogP contribution is 2.10. The number of hydrogen-bond donors (Lipinski definition) is 2. The van der Waals surface area contributed by atoms with E-state index in [4.69, 9.17) is 5.73 Å². The third-order valence-corrected chi connectivity index (χ3v) is 2.91. The van der Waals surface area contributed by atoms with Crippen LogP contribution in [0.3, 0.4) is 0 Å². The number of nitrogens with two attached hydrogens (primary N) is 1. The first-order valence-electron chi connectivity index (χ1n) is 6.53. The molecule has 0 aliphatic heterocycles. The lowest BCUT2D eigenvalue weighted by molar-refractivity contribution is 0.102. The van der Waals surface area contributed by atoms with E-state index >= 15 is 0 Å². The minimum atomic E-state index is -0.280. The van der Waals surface area contributed by atoms with Gasteiger partial charge in [-0.15, -0.1) is 10.2 Å². The van der Waals surface area contributed by atoms with Gasteiger partial charge in [0.2, 0.25) is 5.95 Å². The minimum Gasteiger partial charge on any atom is -0.399 e. The van der Waals surface area contributed by atoms with Crippen molar-refractivity contribution in [2.45, 2.75) is 26.7 Å². The third kappa shape index (κ3) is 3.09. The maximum absolute atomic E-state index is 12.0. The average molecular weight is 271 g/mol. The van der Waals surface area contributed by atoms with Gasteiger partial charge >= 0.3 is 0 Å². The molecule has 20 heavy (non-hydrogen) atoms. The van der Waals surface area contributed by atoms with Crippen LogP contribution in [0.4, 0.5) is 11.6 Å². The molecule has 1 heterocycles. The lowest BCUT2D eigenvalue weighted by atomic mass is 10.2. The van der Waals surface area contributed by atoms with Gasteiger partial charge < -0.3 is 5.73 Å². The van der Waals surface area contributed by atoms with Crippen molar-refractivity contribution < 1.29 is 4.79 Å². The van der Waals surface area contributed by atoms with Crippen LogP contribution >= 0.6 is 0 Å². The van der Waals surface area contributed by atoms with Gasteiger partial charge in [-0.25, -0.2) is 4.98 Å². The average Bonchev–Trinajstić information content (AvgIpc) is 2.47. The summed E-state index contributed by atoms with van der Waals surface area (Å²) in [6.07, 6.45) is 1.53. The molecule has 0 spiro atoms. The quantitative estimate of drug-likeness (QED) is 0.827. The SMILES string of the molecule is CCc1nnc(NC(=O)c2ccc(N)cc2)nc1CC. The molecule has 0 radical (unpaired) electrons. The third-order valence-electron chi connectivity index (χ3n) is 2.91. The first-order valence-corrected chi connectivity index (χ1v) is 6.53. The summed E-state index contributed by atoms with van der Waals surface area (Å²) in [6, 6.07) is 6.65. The molecule has 3 N–H and O–H groups in total. The molecule has 6 heteroatoms. The Morgan fingerprint density at radius 3 is 2.35 bits per heavy atom. The Balaban J connectivity index is 2.17. The number of nitrogens with one attached hydrogen (secondary N) is 1. The number of aryl methyl sites for hydroxylation is 2. The summed E-state index contributed by atoms with van der Waals surface area (Å²) in [7, 11) is 0. The second-order valence-electron chi connectivity index (χ2n) is 4.31. The molecule has 1 aromatic carbocycles. The molecule has 0 bridgehead atoms. The predicted octanol–water partition coefficient (Wildman–Crippen LogP) is 1.83. The Hall–Kier alpha value is -2.50. The summed E-state index contributed by atoms with van der Waals surface area (Å²) < 4.78 is 0. The molecule has 1 amide bonds. The summed E-state index contributed by atoms with van der Waals surface area (Å²) in [4.78, 5) is 16.3. The van der Waals surface area contributed by atoms with Crippen molar-refractivity contribution in [1.29, 1.82) is 0 Å². The van der Waals surface area contributed by atoms with Crippen molar-refractivity contribution in [1.82, 2.24) is 15.2 Å². The highest BCUT2D eigenvalue weighted by molar-refractivity contribution is 6.03. The molecule has 2 aromatic rings. The lowest BCUT2D eigenvalue weighted by Gasteiger charge is -2.07. The normalized spacial score (nSPS) is 10.3. The first kappa shape index (κ1) is 13.9. The molecule has 0 fully saturated rings. The van der Waals surface area contributed by atoms with E-state index in [1.807, 2.05) is 13.8 Å². The molecule has 2 rings (SSSR count). The molecule has 104 valence electrons. The molecule has 0 saturated heterocycles. The van der Waals surface area contributed by atoms with Gasteiger partial charge in [-0.2, -0.15) is 0 Å². The summed E-state index contributed by atoms with van der Waals surface area (Å²) in [5.41, 5.74) is 8.41. The fraction of sp³-hybridized carbons (Fsp3) is 0.286. The highest BCUT2D eigenvalue weighted by Gasteiger charge is 2.10. The number of amides is 1.